The van der Waals surface area contributed by atoms with Crippen LogP contribution in [-0.4, -0.2) is 60.1 Å². The third-order valence-corrected chi connectivity index (χ3v) is 9.87. The van der Waals surface area contributed by atoms with Gasteiger partial charge in [-0.25, -0.2) is 35.5 Å². The predicted molar refractivity (Wildman–Crippen MR) is 168 cm³/mol. The van der Waals surface area contributed by atoms with Crippen LogP contribution >= 0.6 is 0 Å². The molecule has 1 unspecified atom stereocenters. The Morgan fingerprint density at radius 3 is 2.31 bits per heavy atom. The summed E-state index contributed by atoms with van der Waals surface area (Å²) >= 11 is 0. The Kier molecular flexibility index (Phi) is 12.2. The minimum absolute atomic E-state index is 0.120. The highest BCUT2D eigenvalue weighted by Gasteiger charge is 2.38. The van der Waals surface area contributed by atoms with Crippen LogP contribution in [0.25, 0.3) is 10.4 Å². The van der Waals surface area contributed by atoms with Gasteiger partial charge in [0, 0.05) is 34.9 Å². The smallest absolute Gasteiger partial charge is 0.404 e. The number of azide groups is 1. The summed E-state index contributed by atoms with van der Waals surface area (Å²) in [6.45, 7) is 1.31. The van der Waals surface area contributed by atoms with E-state index < -0.39 is 80.8 Å². The van der Waals surface area contributed by atoms with Crippen LogP contribution in [0, 0.1) is 23.3 Å². The minimum atomic E-state index is -3.82. The van der Waals surface area contributed by atoms with Crippen molar-refractivity contribution in [3.8, 4) is 0 Å². The van der Waals surface area contributed by atoms with Gasteiger partial charge in [0.05, 0.1) is 29.4 Å². The summed E-state index contributed by atoms with van der Waals surface area (Å²) < 4.78 is 90.8. The van der Waals surface area contributed by atoms with Gasteiger partial charge in [-0.15, -0.1) is 0 Å². The average Bonchev–Trinajstić information content (AvgIpc) is 3.87. The third-order valence-electron chi connectivity index (χ3n) is 7.86. The highest BCUT2D eigenvalue weighted by Crippen LogP contribution is 2.33. The molecule has 5 N–H and O–H groups in total. The number of nitrogens with two attached hydrogens (primary N) is 1. The summed E-state index contributed by atoms with van der Waals surface area (Å²) in [6.07, 6.45) is -1.43. The number of ether oxygens (including phenoxy) is 1. The molecule has 4 rings (SSSR count). The first-order valence-electron chi connectivity index (χ1n) is 15.0. The van der Waals surface area contributed by atoms with E-state index in [2.05, 4.69) is 25.0 Å². The Hall–Kier alpha value is -4.77. The Labute approximate surface area is 278 Å². The molecule has 0 spiro atoms. The van der Waals surface area contributed by atoms with E-state index in [1.54, 1.807) is 0 Å². The molecule has 0 bridgehead atoms. The summed E-state index contributed by atoms with van der Waals surface area (Å²) in [6, 6.07) is 4.28. The van der Waals surface area contributed by atoms with Crippen molar-refractivity contribution in [2.75, 3.05) is 5.32 Å². The molecule has 2 aromatic carbocycles. The number of nitrogens with zero attached hydrogens (tertiary/aromatic N) is 4. The number of hydrogen-bond acceptors (Lipinski definition) is 8. The van der Waals surface area contributed by atoms with Crippen molar-refractivity contribution in [2.24, 2.45) is 10.8 Å². The lowest BCUT2D eigenvalue weighted by molar-refractivity contribution is -0.117. The van der Waals surface area contributed by atoms with Crippen LogP contribution in [0.1, 0.15) is 55.2 Å². The lowest BCUT2D eigenvalue weighted by Crippen LogP contribution is -2.43. The number of anilines is 1. The van der Waals surface area contributed by atoms with E-state index in [4.69, 9.17) is 10.5 Å². The third kappa shape index (κ3) is 10.1. The Balaban J connectivity index is 1.65. The number of aromatic nitrogens is 1. The molecular formula is C31H33F4N7O6S. The summed E-state index contributed by atoms with van der Waals surface area (Å²) in [5.41, 5.74) is 14.2. The van der Waals surface area contributed by atoms with Gasteiger partial charge in [-0.05, 0) is 73.5 Å². The molecule has 1 aromatic heterocycles. The molecule has 262 valence electrons. The number of pyridine rings is 1. The van der Waals surface area contributed by atoms with E-state index in [1.165, 1.54) is 19.1 Å². The zero-order valence-corrected chi connectivity index (χ0v) is 26.8. The first-order chi connectivity index (χ1) is 23.2. The number of amides is 2. The number of primary amides is 1. The van der Waals surface area contributed by atoms with Crippen molar-refractivity contribution in [2.45, 2.75) is 74.5 Å². The van der Waals surface area contributed by atoms with Crippen LogP contribution in [0.15, 0.2) is 60.0 Å². The number of rotatable bonds is 16. The second-order valence-corrected chi connectivity index (χ2v) is 13.6. The maximum atomic E-state index is 15.3. The van der Waals surface area contributed by atoms with E-state index >= 15 is 4.39 Å². The van der Waals surface area contributed by atoms with Gasteiger partial charge in [0.15, 0.2) is 0 Å². The van der Waals surface area contributed by atoms with Gasteiger partial charge in [0.2, 0.25) is 15.9 Å². The maximum Gasteiger partial charge on any atom is 0.404 e. The molecule has 1 fully saturated rings. The second-order valence-electron chi connectivity index (χ2n) is 11.6. The second kappa shape index (κ2) is 16.1. The summed E-state index contributed by atoms with van der Waals surface area (Å²) in [5.74, 6) is -5.91. The molecule has 1 saturated carbocycles. The van der Waals surface area contributed by atoms with Crippen LogP contribution in [0.3, 0.4) is 0 Å². The summed E-state index contributed by atoms with van der Waals surface area (Å²) in [5, 5.41) is 15.5. The molecule has 1 aliphatic rings. The number of aliphatic hydroxyl groups is 1. The molecule has 2 amide bonds. The average molecular weight is 708 g/mol. The molecule has 13 nitrogen and oxygen atoms in total. The van der Waals surface area contributed by atoms with Crippen molar-refractivity contribution >= 4 is 27.7 Å². The molecule has 0 radical (unpaired) electrons. The number of halogens is 4. The van der Waals surface area contributed by atoms with Crippen molar-refractivity contribution < 1.29 is 45.4 Å². The molecule has 49 heavy (non-hydrogen) atoms. The largest absolute Gasteiger partial charge is 0.444 e. The molecular weight excluding hydrogens is 674 g/mol. The SMILES string of the molecule is CC(O)[C@H](C[C@H](CCc1c(F)cncc1NC(=O)[C@@H](N=[N+]=[N-])[C@@H](c1ccc(F)cc1)c1cc(F)cc(F)c1)NS(=O)(=O)C1CC1)OC(N)=O. The quantitative estimate of drug-likeness (QED) is 0.0713. The first-order valence-corrected chi connectivity index (χ1v) is 16.6. The fourth-order valence-electron chi connectivity index (χ4n) is 5.36. The molecule has 18 heteroatoms. The van der Waals surface area contributed by atoms with Crippen LogP contribution in [-0.2, 0) is 26.0 Å². The zero-order chi connectivity index (χ0) is 35.9. The zero-order valence-electron chi connectivity index (χ0n) is 26.0. The predicted octanol–water partition coefficient (Wildman–Crippen LogP) is 4.71. The topological polar surface area (TPSA) is 209 Å². The fourth-order valence-corrected chi connectivity index (χ4v) is 6.99. The van der Waals surface area contributed by atoms with E-state index in [0.29, 0.717) is 18.9 Å². The number of nitrogens with one attached hydrogen (secondary N) is 2. The molecule has 0 aliphatic heterocycles. The standard InChI is InChI=1S/C31H33F4N7O6S/c1-16(43)27(48-31(36)45)13-22(41-49(46,47)23-7-8-23)6-9-24-25(35)14-38-15-26(24)39-30(44)29(40-42-37)28(17-2-4-19(32)5-3-17)18-10-20(33)12-21(34)11-18/h2-5,10-12,14-16,22-23,27-29,41,43H,6-9,13H2,1H3,(H2,36,45)(H,39,44)/t16?,22-,27-,28-,29-/m0/s1. The Bertz CT molecular complexity index is 1800. The molecule has 3 aromatic rings. The number of benzene rings is 2. The normalized spacial score (nSPS) is 16.0. The van der Waals surface area contributed by atoms with Crippen molar-refractivity contribution in [1.29, 1.82) is 0 Å². The van der Waals surface area contributed by atoms with Gasteiger partial charge in [-0.1, -0.05) is 17.2 Å². The Morgan fingerprint density at radius 1 is 1.08 bits per heavy atom. The first kappa shape index (κ1) is 37.1. The van der Waals surface area contributed by atoms with Gasteiger partial charge >= 0.3 is 6.09 Å². The van der Waals surface area contributed by atoms with Crippen LogP contribution in [0.4, 0.5) is 28.0 Å². The van der Waals surface area contributed by atoms with Crippen molar-refractivity contribution in [3.63, 3.8) is 0 Å². The highest BCUT2D eigenvalue weighted by atomic mass is 32.2. The van der Waals surface area contributed by atoms with E-state index in [1.807, 2.05) is 0 Å². The number of carbonyl (C=O) groups excluding carboxylic acids is 2. The summed E-state index contributed by atoms with van der Waals surface area (Å²) in [7, 11) is -3.82. The summed E-state index contributed by atoms with van der Waals surface area (Å²) in [4.78, 5) is 31.7. The number of aliphatic hydroxyl groups excluding tert-OH is 1. The number of sulfonamides is 1. The number of hydrogen-bond donors (Lipinski definition) is 4. The van der Waals surface area contributed by atoms with Gasteiger partial charge < -0.3 is 20.9 Å². The van der Waals surface area contributed by atoms with E-state index in [0.717, 1.165) is 36.7 Å². The number of carbonyl (C=O) groups is 2. The van der Waals surface area contributed by atoms with E-state index in [9.17, 15) is 41.8 Å². The van der Waals surface area contributed by atoms with Gasteiger partial charge in [0.1, 0.15) is 35.4 Å². The molecule has 0 saturated heterocycles. The van der Waals surface area contributed by atoms with Crippen molar-refractivity contribution in [3.05, 3.63) is 105 Å². The molecule has 1 aliphatic carbocycles. The van der Waals surface area contributed by atoms with Gasteiger partial charge in [-0.3, -0.25) is 9.78 Å². The van der Waals surface area contributed by atoms with Gasteiger partial charge in [0.25, 0.3) is 0 Å². The van der Waals surface area contributed by atoms with Crippen LogP contribution in [0.2, 0.25) is 0 Å². The lowest BCUT2D eigenvalue weighted by atomic mass is 9.84. The van der Waals surface area contributed by atoms with Gasteiger partial charge in [-0.2, -0.15) is 0 Å². The Morgan fingerprint density at radius 2 is 1.73 bits per heavy atom. The fraction of sp³-hybridized carbons (Fsp3) is 0.387. The highest BCUT2D eigenvalue weighted by molar-refractivity contribution is 7.90. The van der Waals surface area contributed by atoms with Crippen molar-refractivity contribution in [1.82, 2.24) is 9.71 Å². The van der Waals surface area contributed by atoms with Crippen LogP contribution in [0.5, 0.6) is 0 Å². The minimum Gasteiger partial charge on any atom is -0.444 e. The maximum absolute atomic E-state index is 15.3. The molecule has 1 heterocycles. The van der Waals surface area contributed by atoms with E-state index in [-0.39, 0.29) is 41.6 Å². The molecule has 5 atom stereocenters. The monoisotopic (exact) mass is 707 g/mol. The lowest BCUT2D eigenvalue weighted by Gasteiger charge is -2.26. The van der Waals surface area contributed by atoms with Crippen LogP contribution < -0.4 is 15.8 Å².